The average molecular weight is 655 g/mol. The number of nitrogens with zero attached hydrogens (tertiary/aromatic N) is 1. The Hall–Kier alpha value is -1.93. The SMILES string of the molecule is CCCC/C=C/CCCCCCCC(=O)OCC(COCCC(C(=O)O)[N+](C)(C)C)OC(=O)CCCCCCCCCCCCC. The standard InChI is InChI=1S/C38H71NO7/c1-6-8-10-12-14-16-18-20-22-24-26-28-36(40)45-33-34(32-44-31-30-35(38(42)43)39(3,4)5)46-37(41)29-27-25-23-21-19-17-15-13-11-9-7-2/h12,14,34-35H,6-11,13,15-33H2,1-5H3/p+1/b14-12+. The quantitative estimate of drug-likeness (QED) is 0.0326. The molecule has 8 nitrogen and oxygen atoms in total. The first kappa shape index (κ1) is 44.1. The summed E-state index contributed by atoms with van der Waals surface area (Å²) in [5.41, 5.74) is 0. The summed E-state index contributed by atoms with van der Waals surface area (Å²) in [6, 6.07) is -0.609. The van der Waals surface area contributed by atoms with Crippen LogP contribution in [-0.4, -0.2) is 80.6 Å². The minimum Gasteiger partial charge on any atom is -0.477 e. The van der Waals surface area contributed by atoms with Crippen molar-refractivity contribution < 1.29 is 38.2 Å². The van der Waals surface area contributed by atoms with E-state index in [1.807, 2.05) is 21.1 Å². The number of quaternary nitrogens is 1. The predicted octanol–water partition coefficient (Wildman–Crippen LogP) is 9.19. The van der Waals surface area contributed by atoms with E-state index in [1.54, 1.807) is 0 Å². The van der Waals surface area contributed by atoms with Gasteiger partial charge in [-0.15, -0.1) is 0 Å². The molecule has 0 radical (unpaired) electrons. The molecule has 0 aromatic carbocycles. The van der Waals surface area contributed by atoms with Crippen LogP contribution in [0.25, 0.3) is 0 Å². The molecule has 0 aromatic rings. The number of carboxylic acid groups (broad SMARTS) is 1. The van der Waals surface area contributed by atoms with Gasteiger partial charge in [0.15, 0.2) is 12.1 Å². The summed E-state index contributed by atoms with van der Waals surface area (Å²) in [6.07, 6.45) is 28.2. The van der Waals surface area contributed by atoms with Crippen molar-refractivity contribution >= 4 is 17.9 Å². The second-order valence-electron chi connectivity index (χ2n) is 13.8. The van der Waals surface area contributed by atoms with Gasteiger partial charge in [0.05, 0.1) is 34.4 Å². The fourth-order valence-electron chi connectivity index (χ4n) is 5.42. The Morgan fingerprint density at radius 1 is 0.630 bits per heavy atom. The minimum absolute atomic E-state index is 0.0507. The van der Waals surface area contributed by atoms with E-state index in [0.29, 0.717) is 19.3 Å². The summed E-state index contributed by atoms with van der Waals surface area (Å²) in [5, 5.41) is 9.56. The van der Waals surface area contributed by atoms with Crippen LogP contribution in [0.4, 0.5) is 0 Å². The van der Waals surface area contributed by atoms with Gasteiger partial charge < -0.3 is 23.8 Å². The van der Waals surface area contributed by atoms with Gasteiger partial charge in [0, 0.05) is 19.3 Å². The van der Waals surface area contributed by atoms with Crippen molar-refractivity contribution in [3.05, 3.63) is 12.2 Å². The number of ether oxygens (including phenoxy) is 3. The first-order valence-electron chi connectivity index (χ1n) is 18.7. The van der Waals surface area contributed by atoms with E-state index < -0.39 is 18.1 Å². The van der Waals surface area contributed by atoms with Crippen molar-refractivity contribution in [2.75, 3.05) is 41.0 Å². The molecular weight excluding hydrogens is 582 g/mol. The van der Waals surface area contributed by atoms with E-state index in [-0.39, 0.29) is 36.2 Å². The number of rotatable bonds is 33. The topological polar surface area (TPSA) is 99.1 Å². The Balaban J connectivity index is 4.44. The van der Waals surface area contributed by atoms with E-state index in [4.69, 9.17) is 14.2 Å². The molecule has 2 unspecified atom stereocenters. The van der Waals surface area contributed by atoms with Gasteiger partial charge in [-0.3, -0.25) is 9.59 Å². The van der Waals surface area contributed by atoms with Gasteiger partial charge in [0.25, 0.3) is 0 Å². The monoisotopic (exact) mass is 655 g/mol. The number of aliphatic carboxylic acids is 1. The summed E-state index contributed by atoms with van der Waals surface area (Å²) in [4.78, 5) is 36.7. The van der Waals surface area contributed by atoms with Crippen LogP contribution in [-0.2, 0) is 28.6 Å². The molecular formula is C38H72NO7+. The Bertz CT molecular complexity index is 778. The normalized spacial score (nSPS) is 13.2. The first-order valence-corrected chi connectivity index (χ1v) is 18.7. The zero-order chi connectivity index (χ0) is 34.3. The fourth-order valence-corrected chi connectivity index (χ4v) is 5.42. The smallest absolute Gasteiger partial charge is 0.362 e. The lowest BCUT2D eigenvalue weighted by Crippen LogP contribution is -2.50. The number of unbranched alkanes of at least 4 members (excludes halogenated alkanes) is 17. The number of esters is 2. The number of carbonyl (C=O) groups is 3. The van der Waals surface area contributed by atoms with Crippen LogP contribution in [0.1, 0.15) is 162 Å². The third-order valence-electron chi connectivity index (χ3n) is 8.41. The third-order valence-corrected chi connectivity index (χ3v) is 8.41. The van der Waals surface area contributed by atoms with Gasteiger partial charge in [0.2, 0.25) is 0 Å². The molecule has 0 spiro atoms. The van der Waals surface area contributed by atoms with Crippen molar-refractivity contribution in [2.45, 2.75) is 174 Å². The van der Waals surface area contributed by atoms with Crippen molar-refractivity contribution in [2.24, 2.45) is 0 Å². The fraction of sp³-hybridized carbons (Fsp3) is 0.868. The molecule has 0 aliphatic carbocycles. The lowest BCUT2D eigenvalue weighted by molar-refractivity contribution is -0.887. The Morgan fingerprint density at radius 3 is 1.63 bits per heavy atom. The number of hydrogen-bond acceptors (Lipinski definition) is 6. The first-order chi connectivity index (χ1) is 22.1. The molecule has 8 heteroatoms. The van der Waals surface area contributed by atoms with Gasteiger partial charge in [-0.25, -0.2) is 4.79 Å². The Labute approximate surface area is 282 Å². The molecule has 0 amide bonds. The van der Waals surface area contributed by atoms with E-state index >= 15 is 0 Å². The minimum atomic E-state index is -0.876. The molecule has 0 rings (SSSR count). The molecule has 2 atom stereocenters. The van der Waals surface area contributed by atoms with Crippen LogP contribution in [0.5, 0.6) is 0 Å². The summed E-state index contributed by atoms with van der Waals surface area (Å²) in [7, 11) is 5.51. The number of hydrogen-bond donors (Lipinski definition) is 1. The number of likely N-dealkylation sites (N-methyl/N-ethyl adjacent to an activating group) is 1. The third kappa shape index (κ3) is 28.3. The van der Waals surface area contributed by atoms with Crippen LogP contribution < -0.4 is 0 Å². The number of carbonyl (C=O) groups excluding carboxylic acids is 2. The zero-order valence-corrected chi connectivity index (χ0v) is 30.5. The summed E-state index contributed by atoms with van der Waals surface area (Å²) < 4.78 is 17.2. The second kappa shape index (κ2) is 30.4. The molecule has 46 heavy (non-hydrogen) atoms. The maximum Gasteiger partial charge on any atom is 0.362 e. The predicted molar refractivity (Wildman–Crippen MR) is 188 cm³/mol. The highest BCUT2D eigenvalue weighted by atomic mass is 16.6. The molecule has 1 N–H and O–H groups in total. The van der Waals surface area contributed by atoms with Gasteiger partial charge in [-0.2, -0.15) is 0 Å². The van der Waals surface area contributed by atoms with Crippen LogP contribution in [0, 0.1) is 0 Å². The van der Waals surface area contributed by atoms with Crippen LogP contribution in [0.3, 0.4) is 0 Å². The lowest BCUT2D eigenvalue weighted by Gasteiger charge is -2.31. The summed E-state index contributed by atoms with van der Waals surface area (Å²) >= 11 is 0. The highest BCUT2D eigenvalue weighted by molar-refractivity contribution is 5.72. The highest BCUT2D eigenvalue weighted by Gasteiger charge is 2.31. The second-order valence-corrected chi connectivity index (χ2v) is 13.8. The summed E-state index contributed by atoms with van der Waals surface area (Å²) in [5.74, 6) is -1.48. The molecule has 0 aliphatic rings. The molecule has 0 aliphatic heterocycles. The maximum atomic E-state index is 12.6. The summed E-state index contributed by atoms with van der Waals surface area (Å²) in [6.45, 7) is 4.67. The Kier molecular flexibility index (Phi) is 29.1. The zero-order valence-electron chi connectivity index (χ0n) is 30.5. The maximum absolute atomic E-state index is 12.6. The molecule has 0 aromatic heterocycles. The van der Waals surface area contributed by atoms with Crippen molar-refractivity contribution in [3.63, 3.8) is 0 Å². The van der Waals surface area contributed by atoms with E-state index in [1.165, 1.54) is 83.5 Å². The average Bonchev–Trinajstić information content (AvgIpc) is 3.00. The van der Waals surface area contributed by atoms with E-state index in [2.05, 4.69) is 26.0 Å². The molecule has 270 valence electrons. The van der Waals surface area contributed by atoms with Crippen molar-refractivity contribution in [1.82, 2.24) is 0 Å². The largest absolute Gasteiger partial charge is 0.477 e. The van der Waals surface area contributed by atoms with Gasteiger partial charge in [-0.05, 0) is 32.1 Å². The van der Waals surface area contributed by atoms with Gasteiger partial charge in [0.1, 0.15) is 6.61 Å². The molecule has 0 saturated heterocycles. The van der Waals surface area contributed by atoms with Crippen LogP contribution in [0.2, 0.25) is 0 Å². The molecule has 0 fully saturated rings. The van der Waals surface area contributed by atoms with E-state index in [0.717, 1.165) is 44.9 Å². The highest BCUT2D eigenvalue weighted by Crippen LogP contribution is 2.14. The van der Waals surface area contributed by atoms with Gasteiger partial charge in [-0.1, -0.05) is 122 Å². The van der Waals surface area contributed by atoms with Crippen LogP contribution >= 0.6 is 0 Å². The van der Waals surface area contributed by atoms with Crippen molar-refractivity contribution in [1.29, 1.82) is 0 Å². The van der Waals surface area contributed by atoms with Crippen molar-refractivity contribution in [3.8, 4) is 0 Å². The van der Waals surface area contributed by atoms with E-state index in [9.17, 15) is 19.5 Å². The number of allylic oxidation sites excluding steroid dienone is 2. The lowest BCUT2D eigenvalue weighted by atomic mass is 10.1. The van der Waals surface area contributed by atoms with Gasteiger partial charge >= 0.3 is 17.9 Å². The molecule has 0 saturated carbocycles. The molecule has 0 heterocycles. The number of carboxylic acids is 1. The van der Waals surface area contributed by atoms with Crippen LogP contribution in [0.15, 0.2) is 12.2 Å². The Morgan fingerprint density at radius 2 is 1.11 bits per heavy atom. The molecule has 0 bridgehead atoms.